The van der Waals surface area contributed by atoms with E-state index in [9.17, 15) is 9.90 Å². The standard InChI is InChI=1S/C13H21N3O3/c1-9(12(17)11(14-2)13(18)19)5-3-6-10-15-7-4-8-16-10/h4,7-9,11-12,14,17H,3,5-6H2,1-2H3,(H,18,19)/t9-,11+,12-/m1/s1. The maximum absolute atomic E-state index is 10.9. The summed E-state index contributed by atoms with van der Waals surface area (Å²) < 4.78 is 0. The Balaban J connectivity index is 2.38. The van der Waals surface area contributed by atoms with Crippen molar-refractivity contribution in [3.8, 4) is 0 Å². The molecule has 0 spiro atoms. The van der Waals surface area contributed by atoms with Gasteiger partial charge in [0.2, 0.25) is 0 Å². The van der Waals surface area contributed by atoms with E-state index in [0.29, 0.717) is 0 Å². The lowest BCUT2D eigenvalue weighted by molar-refractivity contribution is -0.143. The van der Waals surface area contributed by atoms with E-state index < -0.39 is 18.1 Å². The van der Waals surface area contributed by atoms with Crippen LogP contribution in [0.1, 0.15) is 25.6 Å². The molecule has 0 saturated carbocycles. The molecule has 106 valence electrons. The molecule has 0 aromatic carbocycles. The maximum Gasteiger partial charge on any atom is 0.323 e. The molecule has 0 fully saturated rings. The van der Waals surface area contributed by atoms with Gasteiger partial charge in [0.25, 0.3) is 0 Å². The van der Waals surface area contributed by atoms with Gasteiger partial charge in [0.05, 0.1) is 6.10 Å². The molecule has 0 aliphatic carbocycles. The number of nitrogens with zero attached hydrogens (tertiary/aromatic N) is 2. The zero-order chi connectivity index (χ0) is 14.3. The van der Waals surface area contributed by atoms with Crippen molar-refractivity contribution in [3.63, 3.8) is 0 Å². The molecule has 0 saturated heterocycles. The van der Waals surface area contributed by atoms with Gasteiger partial charge in [-0.2, -0.15) is 0 Å². The van der Waals surface area contributed by atoms with Gasteiger partial charge in [0, 0.05) is 18.8 Å². The van der Waals surface area contributed by atoms with Gasteiger partial charge in [-0.25, -0.2) is 9.97 Å². The third-order valence-electron chi connectivity index (χ3n) is 3.18. The van der Waals surface area contributed by atoms with Crippen LogP contribution in [0, 0.1) is 5.92 Å². The predicted molar refractivity (Wildman–Crippen MR) is 70.6 cm³/mol. The molecule has 3 atom stereocenters. The highest BCUT2D eigenvalue weighted by molar-refractivity contribution is 5.74. The van der Waals surface area contributed by atoms with Crippen molar-refractivity contribution >= 4 is 5.97 Å². The number of likely N-dealkylation sites (N-methyl/N-ethyl adjacent to an activating group) is 1. The number of aliphatic carboxylic acids is 1. The Hall–Kier alpha value is -1.53. The van der Waals surface area contributed by atoms with Gasteiger partial charge in [-0.15, -0.1) is 0 Å². The number of carbonyl (C=O) groups is 1. The first-order valence-electron chi connectivity index (χ1n) is 6.40. The summed E-state index contributed by atoms with van der Waals surface area (Å²) in [7, 11) is 1.53. The number of carboxylic acids is 1. The fourth-order valence-electron chi connectivity index (χ4n) is 1.98. The second-order valence-corrected chi connectivity index (χ2v) is 4.63. The molecule has 1 rings (SSSR count). The third-order valence-corrected chi connectivity index (χ3v) is 3.18. The molecule has 1 aromatic rings. The highest BCUT2D eigenvalue weighted by Gasteiger charge is 2.28. The van der Waals surface area contributed by atoms with E-state index in [2.05, 4.69) is 15.3 Å². The van der Waals surface area contributed by atoms with Crippen molar-refractivity contribution in [3.05, 3.63) is 24.3 Å². The van der Waals surface area contributed by atoms with Crippen LogP contribution < -0.4 is 5.32 Å². The first kappa shape index (κ1) is 15.5. The molecule has 1 heterocycles. The Morgan fingerprint density at radius 2 is 2.05 bits per heavy atom. The van der Waals surface area contributed by atoms with Crippen LogP contribution in [0.2, 0.25) is 0 Å². The Kier molecular flexibility index (Phi) is 6.38. The number of aliphatic hydroxyl groups excluding tert-OH is 1. The zero-order valence-electron chi connectivity index (χ0n) is 11.3. The highest BCUT2D eigenvalue weighted by atomic mass is 16.4. The van der Waals surface area contributed by atoms with Crippen molar-refractivity contribution in [1.29, 1.82) is 0 Å². The summed E-state index contributed by atoms with van der Waals surface area (Å²) in [5.41, 5.74) is 0. The second-order valence-electron chi connectivity index (χ2n) is 4.63. The highest BCUT2D eigenvalue weighted by Crippen LogP contribution is 2.15. The number of rotatable bonds is 8. The molecule has 0 aliphatic rings. The Morgan fingerprint density at radius 1 is 1.42 bits per heavy atom. The number of hydrogen-bond acceptors (Lipinski definition) is 5. The molecular weight excluding hydrogens is 246 g/mol. The van der Waals surface area contributed by atoms with Crippen molar-refractivity contribution in [1.82, 2.24) is 15.3 Å². The Bertz CT molecular complexity index is 386. The van der Waals surface area contributed by atoms with Gasteiger partial charge in [-0.3, -0.25) is 4.79 Å². The molecule has 6 heteroatoms. The van der Waals surface area contributed by atoms with E-state index in [1.807, 2.05) is 6.92 Å². The predicted octanol–water partition coefficient (Wildman–Crippen LogP) is 0.469. The number of hydrogen-bond donors (Lipinski definition) is 3. The minimum atomic E-state index is -1.03. The van der Waals surface area contributed by atoms with Crippen LogP contribution >= 0.6 is 0 Å². The molecule has 6 nitrogen and oxygen atoms in total. The summed E-state index contributed by atoms with van der Waals surface area (Å²) >= 11 is 0. The van der Waals surface area contributed by atoms with Crippen LogP contribution in [-0.4, -0.2) is 45.3 Å². The van der Waals surface area contributed by atoms with Gasteiger partial charge < -0.3 is 15.5 Å². The fraction of sp³-hybridized carbons (Fsp3) is 0.615. The largest absolute Gasteiger partial charge is 0.480 e. The Morgan fingerprint density at radius 3 is 2.58 bits per heavy atom. The number of aliphatic hydroxyl groups is 1. The summed E-state index contributed by atoms with van der Waals surface area (Å²) in [6, 6.07) is 0.836. The molecule has 0 aliphatic heterocycles. The molecule has 1 aromatic heterocycles. The van der Waals surface area contributed by atoms with Crippen LogP contribution in [0.4, 0.5) is 0 Å². The van der Waals surface area contributed by atoms with Crippen LogP contribution in [0.5, 0.6) is 0 Å². The van der Waals surface area contributed by atoms with E-state index in [-0.39, 0.29) is 5.92 Å². The van der Waals surface area contributed by atoms with E-state index >= 15 is 0 Å². The molecular formula is C13H21N3O3. The third kappa shape index (κ3) is 4.92. The average Bonchev–Trinajstić information content (AvgIpc) is 2.40. The summed E-state index contributed by atoms with van der Waals surface area (Å²) in [6.45, 7) is 1.85. The number of aryl methyl sites for hydroxylation is 1. The monoisotopic (exact) mass is 267 g/mol. The summed E-state index contributed by atoms with van der Waals surface area (Å²) in [5, 5.41) is 21.5. The number of aromatic nitrogens is 2. The molecule has 3 N–H and O–H groups in total. The lowest BCUT2D eigenvalue weighted by atomic mass is 9.93. The first-order valence-corrected chi connectivity index (χ1v) is 6.40. The minimum absolute atomic E-state index is 0.0998. The number of nitrogens with one attached hydrogen (secondary N) is 1. The van der Waals surface area contributed by atoms with Crippen LogP contribution in [0.3, 0.4) is 0 Å². The Labute approximate surface area is 112 Å². The summed E-state index contributed by atoms with van der Waals surface area (Å²) in [4.78, 5) is 19.2. The zero-order valence-corrected chi connectivity index (χ0v) is 11.3. The molecule has 0 unspecified atom stereocenters. The van der Waals surface area contributed by atoms with Crippen molar-refractivity contribution in [2.75, 3.05) is 7.05 Å². The van der Waals surface area contributed by atoms with Crippen molar-refractivity contribution < 1.29 is 15.0 Å². The van der Waals surface area contributed by atoms with Gasteiger partial charge in [-0.1, -0.05) is 6.92 Å². The normalized spacial score (nSPS) is 15.7. The molecule has 0 radical (unpaired) electrons. The van der Waals surface area contributed by atoms with Crippen LogP contribution in [0.25, 0.3) is 0 Å². The fourth-order valence-corrected chi connectivity index (χ4v) is 1.98. The molecule has 19 heavy (non-hydrogen) atoms. The summed E-state index contributed by atoms with van der Waals surface area (Å²) in [5.74, 6) is -0.363. The maximum atomic E-state index is 10.9. The van der Waals surface area contributed by atoms with Crippen LogP contribution in [-0.2, 0) is 11.2 Å². The van der Waals surface area contributed by atoms with Gasteiger partial charge in [0.15, 0.2) is 0 Å². The topological polar surface area (TPSA) is 95.3 Å². The minimum Gasteiger partial charge on any atom is -0.480 e. The van der Waals surface area contributed by atoms with Gasteiger partial charge in [-0.05, 0) is 31.9 Å². The first-order chi connectivity index (χ1) is 9.06. The van der Waals surface area contributed by atoms with E-state index in [1.54, 1.807) is 18.5 Å². The van der Waals surface area contributed by atoms with E-state index in [4.69, 9.17) is 5.11 Å². The number of carboxylic acid groups (broad SMARTS) is 1. The van der Waals surface area contributed by atoms with E-state index in [0.717, 1.165) is 25.1 Å². The molecule has 0 bridgehead atoms. The van der Waals surface area contributed by atoms with Gasteiger partial charge >= 0.3 is 5.97 Å². The van der Waals surface area contributed by atoms with Crippen molar-refractivity contribution in [2.24, 2.45) is 5.92 Å². The van der Waals surface area contributed by atoms with Crippen LogP contribution in [0.15, 0.2) is 18.5 Å². The quantitative estimate of drug-likeness (QED) is 0.633. The summed E-state index contributed by atoms with van der Waals surface area (Å²) in [6.07, 6.45) is 4.77. The lowest BCUT2D eigenvalue weighted by Crippen LogP contribution is -2.47. The smallest absolute Gasteiger partial charge is 0.323 e. The molecule has 0 amide bonds. The second kappa shape index (κ2) is 7.81. The van der Waals surface area contributed by atoms with Gasteiger partial charge in [0.1, 0.15) is 11.9 Å². The SMILES string of the molecule is CN[C@H](C(=O)O)[C@H](O)[C@H](C)CCCc1ncccn1. The average molecular weight is 267 g/mol. The van der Waals surface area contributed by atoms with Crippen molar-refractivity contribution in [2.45, 2.75) is 38.3 Å². The van der Waals surface area contributed by atoms with E-state index in [1.165, 1.54) is 7.05 Å². The lowest BCUT2D eigenvalue weighted by Gasteiger charge is -2.24.